The van der Waals surface area contributed by atoms with Crippen molar-refractivity contribution in [3.63, 3.8) is 0 Å². The van der Waals surface area contributed by atoms with Gasteiger partial charge in [0.15, 0.2) is 0 Å². The van der Waals surface area contributed by atoms with Crippen LogP contribution in [0.2, 0.25) is 0 Å². The van der Waals surface area contributed by atoms with Gasteiger partial charge >= 0.3 is 0 Å². The van der Waals surface area contributed by atoms with Gasteiger partial charge in [0.05, 0.1) is 11.6 Å². The summed E-state index contributed by atoms with van der Waals surface area (Å²) in [6.07, 6.45) is 0. The molecule has 2 aromatic rings. The summed E-state index contributed by atoms with van der Waals surface area (Å²) in [7, 11) is 0. The van der Waals surface area contributed by atoms with E-state index in [0.29, 0.717) is 5.56 Å². The highest BCUT2D eigenvalue weighted by Gasteiger charge is 2.15. The first-order chi connectivity index (χ1) is 9.81. The van der Waals surface area contributed by atoms with E-state index in [1.165, 1.54) is 5.56 Å². The molecule has 0 aliphatic carbocycles. The molecule has 0 heterocycles. The third kappa shape index (κ3) is 3.44. The number of rotatable bonds is 2. The maximum absolute atomic E-state index is 8.98. The van der Waals surface area contributed by atoms with Crippen molar-refractivity contribution in [3.8, 4) is 17.6 Å². The van der Waals surface area contributed by atoms with E-state index in [-0.39, 0.29) is 5.41 Å². The summed E-state index contributed by atoms with van der Waals surface area (Å²) in [5.74, 6) is 1.63. The number of ether oxygens (including phenoxy) is 1. The topological polar surface area (TPSA) is 33.0 Å². The Bertz CT molecular complexity index is 702. The van der Waals surface area contributed by atoms with E-state index in [1.807, 2.05) is 26.0 Å². The number of hydrogen-bond acceptors (Lipinski definition) is 2. The second kappa shape index (κ2) is 5.61. The van der Waals surface area contributed by atoms with Crippen LogP contribution in [-0.2, 0) is 5.41 Å². The predicted molar refractivity (Wildman–Crippen MR) is 85.8 cm³/mol. The molecule has 2 aromatic carbocycles. The summed E-state index contributed by atoms with van der Waals surface area (Å²) in [6.45, 7) is 10.5. The fourth-order valence-electron chi connectivity index (χ4n) is 2.13. The molecule has 0 bridgehead atoms. The first-order valence-corrected chi connectivity index (χ1v) is 7.11. The molecule has 2 heteroatoms. The van der Waals surface area contributed by atoms with Crippen molar-refractivity contribution in [1.29, 1.82) is 5.26 Å². The third-order valence-electron chi connectivity index (χ3n) is 3.60. The zero-order chi connectivity index (χ0) is 15.6. The van der Waals surface area contributed by atoms with Crippen molar-refractivity contribution in [2.45, 2.75) is 40.0 Å². The van der Waals surface area contributed by atoms with Gasteiger partial charge in [0.25, 0.3) is 0 Å². The third-order valence-corrected chi connectivity index (χ3v) is 3.60. The highest BCUT2D eigenvalue weighted by atomic mass is 16.5. The molecule has 0 saturated carbocycles. The predicted octanol–water partition coefficient (Wildman–Crippen LogP) is 5.26. The fourth-order valence-corrected chi connectivity index (χ4v) is 2.13. The van der Waals surface area contributed by atoms with Gasteiger partial charge in [0, 0.05) is 0 Å². The SMILES string of the molecule is Cc1cc(Oc2cc(C(C)(C)C)ccc2C)ccc1C#N. The number of nitriles is 1. The average molecular weight is 279 g/mol. The standard InChI is InChI=1S/C19H21NO/c1-13-6-8-16(19(3,4)5)11-18(13)21-17-9-7-15(12-20)14(2)10-17/h6-11H,1-5H3. The smallest absolute Gasteiger partial charge is 0.130 e. The molecule has 0 radical (unpaired) electrons. The number of benzene rings is 2. The van der Waals surface area contributed by atoms with Crippen molar-refractivity contribution < 1.29 is 4.74 Å². The van der Waals surface area contributed by atoms with Gasteiger partial charge in [-0.25, -0.2) is 0 Å². The Morgan fingerprint density at radius 3 is 2.24 bits per heavy atom. The van der Waals surface area contributed by atoms with Crippen LogP contribution in [0.15, 0.2) is 36.4 Å². The van der Waals surface area contributed by atoms with Crippen LogP contribution in [0.3, 0.4) is 0 Å². The molecule has 2 nitrogen and oxygen atoms in total. The number of hydrogen-bond donors (Lipinski definition) is 0. The lowest BCUT2D eigenvalue weighted by Crippen LogP contribution is -2.11. The molecule has 0 N–H and O–H groups in total. The Morgan fingerprint density at radius 1 is 0.952 bits per heavy atom. The molecule has 21 heavy (non-hydrogen) atoms. The highest BCUT2D eigenvalue weighted by Crippen LogP contribution is 2.31. The molecule has 0 fully saturated rings. The van der Waals surface area contributed by atoms with Crippen molar-refractivity contribution >= 4 is 0 Å². The van der Waals surface area contributed by atoms with E-state index < -0.39 is 0 Å². The lowest BCUT2D eigenvalue weighted by molar-refractivity contribution is 0.474. The monoisotopic (exact) mass is 279 g/mol. The van der Waals surface area contributed by atoms with Gasteiger partial charge in [0.1, 0.15) is 11.5 Å². The van der Waals surface area contributed by atoms with E-state index in [0.717, 1.165) is 22.6 Å². The molecule has 108 valence electrons. The molecule has 2 rings (SSSR count). The second-order valence-electron chi connectivity index (χ2n) is 6.42. The van der Waals surface area contributed by atoms with Gasteiger partial charge in [-0.2, -0.15) is 5.26 Å². The first-order valence-electron chi connectivity index (χ1n) is 7.11. The van der Waals surface area contributed by atoms with Gasteiger partial charge in [-0.3, -0.25) is 0 Å². The molecule has 0 aliphatic rings. The van der Waals surface area contributed by atoms with Crippen molar-refractivity contribution in [3.05, 3.63) is 58.7 Å². The van der Waals surface area contributed by atoms with E-state index in [1.54, 1.807) is 6.07 Å². The van der Waals surface area contributed by atoms with Crippen LogP contribution in [0.1, 0.15) is 43.0 Å². The van der Waals surface area contributed by atoms with Crippen LogP contribution in [0, 0.1) is 25.2 Å². The molecular weight excluding hydrogens is 258 g/mol. The van der Waals surface area contributed by atoms with Crippen LogP contribution >= 0.6 is 0 Å². The molecule has 0 aromatic heterocycles. The minimum atomic E-state index is 0.0897. The lowest BCUT2D eigenvalue weighted by atomic mass is 9.86. The maximum Gasteiger partial charge on any atom is 0.130 e. The van der Waals surface area contributed by atoms with Gasteiger partial charge in [-0.1, -0.05) is 32.9 Å². The molecular formula is C19H21NO. The molecule has 0 aliphatic heterocycles. The van der Waals surface area contributed by atoms with Gasteiger partial charge in [-0.15, -0.1) is 0 Å². The van der Waals surface area contributed by atoms with E-state index in [4.69, 9.17) is 10.00 Å². The zero-order valence-corrected chi connectivity index (χ0v) is 13.3. The van der Waals surface area contributed by atoms with Crippen LogP contribution in [0.5, 0.6) is 11.5 Å². The lowest BCUT2D eigenvalue weighted by Gasteiger charge is -2.21. The molecule has 0 amide bonds. The molecule has 0 unspecified atom stereocenters. The maximum atomic E-state index is 8.98. The van der Waals surface area contributed by atoms with Gasteiger partial charge in [0.2, 0.25) is 0 Å². The molecule has 0 atom stereocenters. The van der Waals surface area contributed by atoms with Crippen molar-refractivity contribution in [2.24, 2.45) is 0 Å². The fraction of sp³-hybridized carbons (Fsp3) is 0.316. The molecule has 0 spiro atoms. The Kier molecular flexibility index (Phi) is 4.04. The minimum Gasteiger partial charge on any atom is -0.457 e. The van der Waals surface area contributed by atoms with E-state index >= 15 is 0 Å². The van der Waals surface area contributed by atoms with Crippen LogP contribution in [0.25, 0.3) is 0 Å². The first kappa shape index (κ1) is 15.1. The Hall–Kier alpha value is -2.27. The average Bonchev–Trinajstić information content (AvgIpc) is 2.40. The highest BCUT2D eigenvalue weighted by molar-refractivity contribution is 5.46. The zero-order valence-electron chi connectivity index (χ0n) is 13.3. The van der Waals surface area contributed by atoms with Crippen molar-refractivity contribution in [2.75, 3.05) is 0 Å². The Labute approximate surface area is 127 Å². The summed E-state index contributed by atoms with van der Waals surface area (Å²) in [5, 5.41) is 8.98. The summed E-state index contributed by atoms with van der Waals surface area (Å²) in [6, 6.07) is 14.1. The van der Waals surface area contributed by atoms with Crippen LogP contribution in [0.4, 0.5) is 0 Å². The number of nitrogens with zero attached hydrogens (tertiary/aromatic N) is 1. The Balaban J connectivity index is 2.35. The Morgan fingerprint density at radius 2 is 1.67 bits per heavy atom. The quantitative estimate of drug-likeness (QED) is 0.750. The van der Waals surface area contributed by atoms with Crippen molar-refractivity contribution in [1.82, 2.24) is 0 Å². The normalized spacial score (nSPS) is 11.0. The summed E-state index contributed by atoms with van der Waals surface area (Å²) < 4.78 is 6.02. The van der Waals surface area contributed by atoms with Crippen LogP contribution in [-0.4, -0.2) is 0 Å². The van der Waals surface area contributed by atoms with E-state index in [2.05, 4.69) is 45.0 Å². The van der Waals surface area contributed by atoms with E-state index in [9.17, 15) is 0 Å². The largest absolute Gasteiger partial charge is 0.457 e. The summed E-state index contributed by atoms with van der Waals surface area (Å²) in [5.41, 5.74) is 4.05. The minimum absolute atomic E-state index is 0.0897. The number of aryl methyl sites for hydroxylation is 2. The summed E-state index contributed by atoms with van der Waals surface area (Å²) in [4.78, 5) is 0. The molecule has 0 saturated heterocycles. The van der Waals surface area contributed by atoms with Gasteiger partial charge in [-0.05, 0) is 60.2 Å². The van der Waals surface area contributed by atoms with Crippen LogP contribution < -0.4 is 4.74 Å². The van der Waals surface area contributed by atoms with Gasteiger partial charge < -0.3 is 4.74 Å². The second-order valence-corrected chi connectivity index (χ2v) is 6.42. The summed E-state index contributed by atoms with van der Waals surface area (Å²) >= 11 is 0.